The molecule has 1 aliphatic rings. The third-order valence-corrected chi connectivity index (χ3v) is 4.05. The molecule has 1 aromatic rings. The van der Waals surface area contributed by atoms with E-state index < -0.39 is 0 Å². The lowest BCUT2D eigenvalue weighted by Gasteiger charge is -2.32. The fourth-order valence-electron chi connectivity index (χ4n) is 2.57. The van der Waals surface area contributed by atoms with E-state index in [1.165, 1.54) is 6.42 Å². The van der Waals surface area contributed by atoms with Gasteiger partial charge in [-0.25, -0.2) is 0 Å². The van der Waals surface area contributed by atoms with Gasteiger partial charge in [-0.15, -0.1) is 0 Å². The normalized spacial score (nSPS) is 18.5. The van der Waals surface area contributed by atoms with E-state index in [1.807, 2.05) is 31.3 Å². The number of hydrogen-bond acceptors (Lipinski definition) is 3. The molecule has 2 N–H and O–H groups in total. The molecule has 1 aromatic carbocycles. The molecule has 1 fully saturated rings. The molecule has 104 valence electrons. The Morgan fingerprint density at radius 1 is 1.37 bits per heavy atom. The lowest BCUT2D eigenvalue weighted by molar-refractivity contribution is -0.120. The first-order chi connectivity index (χ1) is 8.90. The number of rotatable bonds is 3. The van der Waals surface area contributed by atoms with E-state index in [2.05, 4.69) is 18.7 Å². The maximum absolute atomic E-state index is 12.3. The van der Waals surface area contributed by atoms with Gasteiger partial charge in [0.2, 0.25) is 5.91 Å². The Morgan fingerprint density at radius 3 is 2.53 bits per heavy atom. The van der Waals surface area contributed by atoms with Crippen molar-refractivity contribution in [3.8, 4) is 0 Å². The van der Waals surface area contributed by atoms with Crippen LogP contribution in [0, 0.1) is 0 Å². The summed E-state index contributed by atoms with van der Waals surface area (Å²) in [7, 11) is 1.82. The molecular formula is C15H23N3O. The quantitative estimate of drug-likeness (QED) is 0.848. The second-order valence-corrected chi connectivity index (χ2v) is 5.88. The Morgan fingerprint density at radius 2 is 2.00 bits per heavy atom. The zero-order valence-corrected chi connectivity index (χ0v) is 12.0. The number of carbonyl (C=O) groups is 1. The van der Waals surface area contributed by atoms with Crippen LogP contribution in [-0.4, -0.2) is 36.5 Å². The molecule has 2 rings (SSSR count). The monoisotopic (exact) mass is 261 g/mol. The van der Waals surface area contributed by atoms with Crippen molar-refractivity contribution in [3.63, 3.8) is 0 Å². The van der Waals surface area contributed by atoms with Crippen molar-refractivity contribution in [2.24, 2.45) is 0 Å². The minimum absolute atomic E-state index is 0.125. The molecule has 0 spiro atoms. The van der Waals surface area contributed by atoms with Crippen LogP contribution in [0.3, 0.4) is 0 Å². The number of nitrogens with two attached hydrogens (primary N) is 1. The summed E-state index contributed by atoms with van der Waals surface area (Å²) < 4.78 is 0. The molecule has 0 saturated carbocycles. The minimum Gasteiger partial charge on any atom is -0.399 e. The maximum atomic E-state index is 12.3. The van der Waals surface area contributed by atoms with Crippen LogP contribution in [0.25, 0.3) is 0 Å². The van der Waals surface area contributed by atoms with Crippen molar-refractivity contribution >= 4 is 17.3 Å². The largest absolute Gasteiger partial charge is 0.399 e. The van der Waals surface area contributed by atoms with Crippen molar-refractivity contribution in [1.82, 2.24) is 4.90 Å². The average molecular weight is 261 g/mol. The topological polar surface area (TPSA) is 49.6 Å². The fourth-order valence-corrected chi connectivity index (χ4v) is 2.57. The van der Waals surface area contributed by atoms with E-state index in [9.17, 15) is 4.79 Å². The van der Waals surface area contributed by atoms with Gasteiger partial charge in [0.1, 0.15) is 0 Å². The van der Waals surface area contributed by atoms with Crippen molar-refractivity contribution in [2.75, 3.05) is 30.8 Å². The number of nitrogens with zero attached hydrogens (tertiary/aromatic N) is 2. The second-order valence-electron chi connectivity index (χ2n) is 5.88. The summed E-state index contributed by atoms with van der Waals surface area (Å²) in [4.78, 5) is 16.3. The van der Waals surface area contributed by atoms with Gasteiger partial charge in [0.05, 0.1) is 6.54 Å². The molecule has 1 aliphatic heterocycles. The summed E-state index contributed by atoms with van der Waals surface area (Å²) in [5.74, 6) is 0.125. The SMILES string of the molecule is CN(C(=O)CN1CCCC1(C)C)c1ccc(N)cc1. The summed E-state index contributed by atoms with van der Waals surface area (Å²) in [6.45, 7) is 5.90. The average Bonchev–Trinajstić information content (AvgIpc) is 2.69. The van der Waals surface area contributed by atoms with Crippen LogP contribution in [0.5, 0.6) is 0 Å². The van der Waals surface area contributed by atoms with Crippen LogP contribution in [0.1, 0.15) is 26.7 Å². The van der Waals surface area contributed by atoms with Crippen LogP contribution in [-0.2, 0) is 4.79 Å². The van der Waals surface area contributed by atoms with E-state index in [1.54, 1.807) is 4.90 Å². The molecule has 4 nitrogen and oxygen atoms in total. The molecule has 19 heavy (non-hydrogen) atoms. The first-order valence-corrected chi connectivity index (χ1v) is 6.77. The molecule has 4 heteroatoms. The highest BCUT2D eigenvalue weighted by Crippen LogP contribution is 2.28. The van der Waals surface area contributed by atoms with Gasteiger partial charge < -0.3 is 10.6 Å². The highest BCUT2D eigenvalue weighted by Gasteiger charge is 2.33. The van der Waals surface area contributed by atoms with E-state index in [-0.39, 0.29) is 11.4 Å². The predicted molar refractivity (Wildman–Crippen MR) is 79.2 cm³/mol. The van der Waals surface area contributed by atoms with E-state index in [0.717, 1.165) is 18.7 Å². The molecule has 0 unspecified atom stereocenters. The molecule has 0 radical (unpaired) electrons. The Kier molecular flexibility index (Phi) is 3.80. The summed E-state index contributed by atoms with van der Waals surface area (Å²) in [5, 5.41) is 0. The molecule has 0 aliphatic carbocycles. The highest BCUT2D eigenvalue weighted by atomic mass is 16.2. The number of anilines is 2. The van der Waals surface area contributed by atoms with Gasteiger partial charge in [-0.1, -0.05) is 0 Å². The van der Waals surface area contributed by atoms with E-state index >= 15 is 0 Å². The van der Waals surface area contributed by atoms with Gasteiger partial charge in [-0.2, -0.15) is 0 Å². The Balaban J connectivity index is 2.02. The third kappa shape index (κ3) is 3.07. The summed E-state index contributed by atoms with van der Waals surface area (Å²) in [5.41, 5.74) is 7.39. The maximum Gasteiger partial charge on any atom is 0.240 e. The summed E-state index contributed by atoms with van der Waals surface area (Å²) in [6, 6.07) is 7.39. The second kappa shape index (κ2) is 5.21. The number of likely N-dealkylation sites (N-methyl/N-ethyl adjacent to an activating group) is 1. The van der Waals surface area contributed by atoms with Crippen LogP contribution in [0.4, 0.5) is 11.4 Å². The van der Waals surface area contributed by atoms with Gasteiger partial charge in [0, 0.05) is 24.0 Å². The van der Waals surface area contributed by atoms with Crippen LogP contribution in [0.2, 0.25) is 0 Å². The number of hydrogen-bond donors (Lipinski definition) is 1. The lowest BCUT2D eigenvalue weighted by Crippen LogP contribution is -2.45. The summed E-state index contributed by atoms with van der Waals surface area (Å²) in [6.07, 6.45) is 2.33. The van der Waals surface area contributed by atoms with Crippen molar-refractivity contribution in [2.45, 2.75) is 32.2 Å². The lowest BCUT2D eigenvalue weighted by atomic mass is 10.0. The van der Waals surface area contributed by atoms with Gasteiger partial charge in [0.15, 0.2) is 0 Å². The number of amides is 1. The van der Waals surface area contributed by atoms with Gasteiger partial charge in [-0.3, -0.25) is 9.69 Å². The molecule has 0 bridgehead atoms. The van der Waals surface area contributed by atoms with Crippen LogP contribution >= 0.6 is 0 Å². The smallest absolute Gasteiger partial charge is 0.240 e. The molecule has 0 atom stereocenters. The van der Waals surface area contributed by atoms with Gasteiger partial charge in [0.25, 0.3) is 0 Å². The van der Waals surface area contributed by atoms with E-state index in [4.69, 9.17) is 5.73 Å². The first kappa shape index (κ1) is 13.9. The van der Waals surface area contributed by atoms with Crippen molar-refractivity contribution < 1.29 is 4.79 Å². The molecule has 1 amide bonds. The Bertz CT molecular complexity index is 453. The first-order valence-electron chi connectivity index (χ1n) is 6.77. The molecule has 0 aromatic heterocycles. The summed E-state index contributed by atoms with van der Waals surface area (Å²) >= 11 is 0. The minimum atomic E-state index is 0.125. The predicted octanol–water partition coefficient (Wildman–Crippen LogP) is 2.11. The standard InChI is InChI=1S/C15H23N3O/c1-15(2)9-4-10-18(15)11-14(19)17(3)13-7-5-12(16)6-8-13/h5-8H,4,9-11,16H2,1-3H3. The van der Waals surface area contributed by atoms with Gasteiger partial charge >= 0.3 is 0 Å². The van der Waals surface area contributed by atoms with E-state index in [0.29, 0.717) is 12.2 Å². The zero-order chi connectivity index (χ0) is 14.0. The molecule has 1 saturated heterocycles. The molecular weight excluding hydrogens is 238 g/mol. The van der Waals surface area contributed by atoms with Crippen molar-refractivity contribution in [3.05, 3.63) is 24.3 Å². The van der Waals surface area contributed by atoms with Crippen molar-refractivity contribution in [1.29, 1.82) is 0 Å². The fraction of sp³-hybridized carbons (Fsp3) is 0.533. The van der Waals surface area contributed by atoms with Gasteiger partial charge in [-0.05, 0) is 57.5 Å². The Hall–Kier alpha value is -1.55. The third-order valence-electron chi connectivity index (χ3n) is 4.05. The molecule has 1 heterocycles. The number of carbonyl (C=O) groups excluding carboxylic acids is 1. The zero-order valence-electron chi connectivity index (χ0n) is 12.0. The Labute approximate surface area is 115 Å². The van der Waals surface area contributed by atoms with Crippen LogP contribution < -0.4 is 10.6 Å². The number of nitrogen functional groups attached to an aromatic ring is 1. The number of likely N-dealkylation sites (tertiary alicyclic amines) is 1. The highest BCUT2D eigenvalue weighted by molar-refractivity contribution is 5.94. The van der Waals surface area contributed by atoms with Crippen LogP contribution in [0.15, 0.2) is 24.3 Å². The number of benzene rings is 1.